The molecule has 6 unspecified atom stereocenters. The maximum absolute atomic E-state index is 11.2. The molecule has 3 saturated carbocycles. The Morgan fingerprint density at radius 1 is 1.17 bits per heavy atom. The Morgan fingerprint density at radius 2 is 1.97 bits per heavy atom. The van der Waals surface area contributed by atoms with Crippen molar-refractivity contribution in [3.05, 3.63) is 48.7 Å². The molecule has 188 valence electrons. The minimum absolute atomic E-state index is 0.00231. The van der Waals surface area contributed by atoms with Gasteiger partial charge in [0.25, 0.3) is 0 Å². The summed E-state index contributed by atoms with van der Waals surface area (Å²) in [5, 5.41) is 21.0. The number of piperidine rings is 3. The summed E-state index contributed by atoms with van der Waals surface area (Å²) < 4.78 is 5.35. The van der Waals surface area contributed by atoms with E-state index in [0.717, 1.165) is 54.1 Å². The molecule has 4 heterocycles. The lowest BCUT2D eigenvalue weighted by molar-refractivity contribution is -0.147. The maximum Gasteiger partial charge on any atom is 0.306 e. The molecule has 6 nitrogen and oxygen atoms in total. The molecule has 3 aliphatic heterocycles. The summed E-state index contributed by atoms with van der Waals surface area (Å²) in [7, 11) is 1.66. The van der Waals surface area contributed by atoms with Gasteiger partial charge < -0.3 is 14.9 Å². The highest BCUT2D eigenvalue weighted by Crippen LogP contribution is 2.45. The number of pyridine rings is 1. The normalized spacial score (nSPS) is 34.1. The molecular formula is C29H38N2O4. The van der Waals surface area contributed by atoms with Crippen LogP contribution in [-0.2, 0) is 4.79 Å². The van der Waals surface area contributed by atoms with Gasteiger partial charge in [-0.05, 0) is 92.1 Å². The molecule has 0 radical (unpaired) electrons. The van der Waals surface area contributed by atoms with E-state index in [1.807, 2.05) is 24.3 Å². The molecule has 1 aromatic heterocycles. The van der Waals surface area contributed by atoms with Crippen LogP contribution >= 0.6 is 0 Å². The molecule has 3 aliphatic carbocycles. The molecule has 6 fully saturated rings. The number of aliphatic hydroxyl groups is 1. The lowest BCUT2D eigenvalue weighted by atomic mass is 9.65. The summed E-state index contributed by atoms with van der Waals surface area (Å²) in [6.45, 7) is 6.07. The number of aliphatic hydroxyl groups excluding tert-OH is 1. The number of carboxylic acids is 1. The monoisotopic (exact) mass is 478 g/mol. The van der Waals surface area contributed by atoms with Gasteiger partial charge in [-0.25, -0.2) is 0 Å². The Hall–Kier alpha value is -2.44. The number of fused-ring (bicyclic) bond motifs is 7. The summed E-state index contributed by atoms with van der Waals surface area (Å²) in [5.74, 6) is 2.70. The standard InChI is InChI=1S/C20H24N2O2.C9H14O2/c1-3-13-12-22-9-7-14(13)10-19(22)20(23)16-6-8-21-18-5-4-15(24-2)11-17(16)18;10-9(11)8-5-6-1-3-7(8)4-2-6/h3-6,8,11,13-14,19-20,23H,1,7,9-10,12H2,2H3;6-8H,1-5H2,(H,10,11). The number of hydrogen-bond acceptors (Lipinski definition) is 5. The number of rotatable bonds is 5. The van der Waals surface area contributed by atoms with E-state index < -0.39 is 12.1 Å². The number of carbonyl (C=O) groups is 1. The van der Waals surface area contributed by atoms with Crippen LogP contribution in [0.1, 0.15) is 56.6 Å². The first-order valence-electron chi connectivity index (χ1n) is 13.2. The summed E-state index contributed by atoms with van der Waals surface area (Å²) in [6.07, 6.45) is 11.5. The van der Waals surface area contributed by atoms with E-state index in [2.05, 4.69) is 22.5 Å². The Bertz CT molecular complexity index is 1060. The molecular weight excluding hydrogens is 440 g/mol. The minimum atomic E-state index is -0.556. The molecule has 6 heteroatoms. The van der Waals surface area contributed by atoms with E-state index >= 15 is 0 Å². The zero-order valence-corrected chi connectivity index (χ0v) is 20.7. The van der Waals surface area contributed by atoms with E-state index in [4.69, 9.17) is 9.84 Å². The van der Waals surface area contributed by atoms with Crippen molar-refractivity contribution < 1.29 is 19.7 Å². The smallest absolute Gasteiger partial charge is 0.306 e. The predicted octanol–water partition coefficient (Wildman–Crippen LogP) is 5.07. The first kappa shape index (κ1) is 24.3. The molecule has 8 rings (SSSR count). The van der Waals surface area contributed by atoms with Crippen LogP contribution in [0.15, 0.2) is 43.1 Å². The van der Waals surface area contributed by atoms with Gasteiger partial charge in [-0.1, -0.05) is 18.9 Å². The molecule has 35 heavy (non-hydrogen) atoms. The number of hydrogen-bond donors (Lipinski definition) is 2. The predicted molar refractivity (Wildman–Crippen MR) is 136 cm³/mol. The highest BCUT2D eigenvalue weighted by molar-refractivity contribution is 5.84. The van der Waals surface area contributed by atoms with Crippen LogP contribution in [0.4, 0.5) is 0 Å². The molecule has 6 aliphatic rings. The first-order valence-corrected chi connectivity index (χ1v) is 13.2. The van der Waals surface area contributed by atoms with Crippen molar-refractivity contribution in [3.63, 3.8) is 0 Å². The number of methoxy groups -OCH3 is 1. The van der Waals surface area contributed by atoms with Crippen molar-refractivity contribution in [1.29, 1.82) is 0 Å². The topological polar surface area (TPSA) is 82.9 Å². The number of benzene rings is 1. The van der Waals surface area contributed by atoms with Crippen molar-refractivity contribution in [3.8, 4) is 5.75 Å². The third-order valence-corrected chi connectivity index (χ3v) is 9.18. The first-order chi connectivity index (χ1) is 17.0. The van der Waals surface area contributed by atoms with Gasteiger partial charge in [0.2, 0.25) is 0 Å². The fourth-order valence-corrected chi connectivity index (χ4v) is 7.12. The molecule has 0 spiro atoms. The Balaban J connectivity index is 0.000000192. The Kier molecular flexibility index (Phi) is 7.12. The van der Waals surface area contributed by atoms with Gasteiger partial charge in [0.15, 0.2) is 0 Å². The van der Waals surface area contributed by atoms with Crippen LogP contribution in [0.25, 0.3) is 10.9 Å². The number of aromatic nitrogens is 1. The second-order valence-corrected chi connectivity index (χ2v) is 10.9. The quantitative estimate of drug-likeness (QED) is 0.584. The maximum atomic E-state index is 11.2. The Labute approximate surface area is 208 Å². The summed E-state index contributed by atoms with van der Waals surface area (Å²) in [6, 6.07) is 7.96. The van der Waals surface area contributed by atoms with Gasteiger partial charge >= 0.3 is 5.97 Å². The Morgan fingerprint density at radius 3 is 2.54 bits per heavy atom. The summed E-state index contributed by atoms with van der Waals surface area (Å²) >= 11 is 0. The number of ether oxygens (including phenoxy) is 1. The van der Waals surface area contributed by atoms with Gasteiger partial charge in [-0.15, -0.1) is 6.58 Å². The third-order valence-electron chi connectivity index (χ3n) is 9.18. The van der Waals surface area contributed by atoms with E-state index in [0.29, 0.717) is 17.8 Å². The van der Waals surface area contributed by atoms with E-state index in [-0.39, 0.29) is 12.0 Å². The summed E-state index contributed by atoms with van der Waals surface area (Å²) in [5.41, 5.74) is 1.85. The zero-order valence-electron chi connectivity index (χ0n) is 20.7. The lowest BCUT2D eigenvalue weighted by Gasteiger charge is -2.50. The second kappa shape index (κ2) is 10.3. The average molecular weight is 479 g/mol. The van der Waals surface area contributed by atoms with Crippen LogP contribution in [0.5, 0.6) is 5.75 Å². The average Bonchev–Trinajstić information content (AvgIpc) is 2.93. The van der Waals surface area contributed by atoms with Crippen molar-refractivity contribution in [2.24, 2.45) is 29.6 Å². The van der Waals surface area contributed by atoms with Gasteiger partial charge in [-0.2, -0.15) is 0 Å². The largest absolute Gasteiger partial charge is 0.497 e. The van der Waals surface area contributed by atoms with Crippen LogP contribution in [-0.4, -0.2) is 52.3 Å². The number of aliphatic carboxylic acids is 1. The minimum Gasteiger partial charge on any atom is -0.497 e. The van der Waals surface area contributed by atoms with Gasteiger partial charge in [0, 0.05) is 24.2 Å². The second-order valence-electron chi connectivity index (χ2n) is 10.9. The SMILES string of the molecule is C=CC1CN2CCC1CC2C(O)c1ccnc2ccc(OC)cc12.O=C(O)C1CC2CCC1CC2. The molecule has 0 amide bonds. The van der Waals surface area contributed by atoms with Gasteiger partial charge in [0.1, 0.15) is 5.75 Å². The molecule has 3 saturated heterocycles. The lowest BCUT2D eigenvalue weighted by Crippen LogP contribution is -2.54. The number of carboxylic acid groups (broad SMARTS) is 1. The van der Waals surface area contributed by atoms with Crippen molar-refractivity contribution in [1.82, 2.24) is 9.88 Å². The van der Waals surface area contributed by atoms with Crippen LogP contribution in [0.3, 0.4) is 0 Å². The highest BCUT2D eigenvalue weighted by atomic mass is 16.5. The number of nitrogens with zero attached hydrogens (tertiary/aromatic N) is 2. The molecule has 4 bridgehead atoms. The van der Waals surface area contributed by atoms with Gasteiger partial charge in [-0.3, -0.25) is 14.7 Å². The fourth-order valence-electron chi connectivity index (χ4n) is 7.12. The molecule has 2 aromatic rings. The van der Waals surface area contributed by atoms with Gasteiger partial charge in [0.05, 0.1) is 24.6 Å². The fraction of sp³-hybridized carbons (Fsp3) is 0.586. The zero-order chi connectivity index (χ0) is 24.5. The van der Waals surface area contributed by atoms with Crippen LogP contribution < -0.4 is 4.74 Å². The van der Waals surface area contributed by atoms with Crippen molar-refractivity contribution >= 4 is 16.9 Å². The molecule has 6 atom stereocenters. The van der Waals surface area contributed by atoms with E-state index in [1.165, 1.54) is 32.1 Å². The van der Waals surface area contributed by atoms with Crippen LogP contribution in [0.2, 0.25) is 0 Å². The highest BCUT2D eigenvalue weighted by Gasteiger charge is 2.42. The van der Waals surface area contributed by atoms with Crippen molar-refractivity contribution in [2.45, 2.75) is 57.1 Å². The van der Waals surface area contributed by atoms with Crippen molar-refractivity contribution in [2.75, 3.05) is 20.2 Å². The summed E-state index contributed by atoms with van der Waals surface area (Å²) in [4.78, 5) is 17.6. The molecule has 2 N–H and O–H groups in total. The third kappa shape index (κ3) is 4.83. The van der Waals surface area contributed by atoms with E-state index in [1.54, 1.807) is 13.3 Å². The molecule has 1 aromatic carbocycles. The van der Waals surface area contributed by atoms with Crippen LogP contribution in [0, 0.1) is 29.6 Å². The van der Waals surface area contributed by atoms with E-state index in [9.17, 15) is 9.90 Å².